The first-order valence-corrected chi connectivity index (χ1v) is 2.90. The van der Waals surface area contributed by atoms with Gasteiger partial charge in [-0.3, -0.25) is 4.99 Å². The fourth-order valence-corrected chi connectivity index (χ4v) is 1.14. The predicted molar refractivity (Wildman–Crippen MR) is 33.9 cm³/mol. The Morgan fingerprint density at radius 2 is 2.50 bits per heavy atom. The van der Waals surface area contributed by atoms with Gasteiger partial charge in [-0.15, -0.1) is 0 Å². The normalized spacial score (nSPS) is 23.0. The molecular weight excluding hydrogens is 98.1 g/mol. The molecular formula is C7H7N. The molecule has 0 radical (unpaired) electrons. The Kier molecular flexibility index (Phi) is 0.668. The van der Waals surface area contributed by atoms with Crippen molar-refractivity contribution in [1.82, 2.24) is 0 Å². The zero-order valence-electron chi connectivity index (χ0n) is 4.59. The molecule has 0 fully saturated rings. The molecule has 0 amide bonds. The van der Waals surface area contributed by atoms with Gasteiger partial charge in [0.05, 0.1) is 0 Å². The van der Waals surface area contributed by atoms with Crippen LogP contribution in [0.15, 0.2) is 28.9 Å². The van der Waals surface area contributed by atoms with Crippen molar-refractivity contribution in [3.63, 3.8) is 0 Å². The van der Waals surface area contributed by atoms with E-state index in [0.29, 0.717) is 0 Å². The maximum absolute atomic E-state index is 4.17. The van der Waals surface area contributed by atoms with Gasteiger partial charge in [0, 0.05) is 11.9 Å². The minimum atomic E-state index is 1.16. The molecule has 1 aliphatic heterocycles. The van der Waals surface area contributed by atoms with Crippen LogP contribution in [0.4, 0.5) is 0 Å². The minimum absolute atomic E-state index is 1.16. The van der Waals surface area contributed by atoms with Gasteiger partial charge in [-0.2, -0.15) is 0 Å². The van der Waals surface area contributed by atoms with Crippen LogP contribution >= 0.6 is 0 Å². The van der Waals surface area contributed by atoms with E-state index in [1.165, 1.54) is 17.7 Å². The van der Waals surface area contributed by atoms with E-state index in [4.69, 9.17) is 0 Å². The third-order valence-corrected chi connectivity index (χ3v) is 1.56. The van der Waals surface area contributed by atoms with E-state index in [-0.39, 0.29) is 0 Å². The fraction of sp³-hybridized carbons (Fsp3) is 0.286. The molecule has 1 heterocycles. The number of allylic oxidation sites excluding steroid dienone is 3. The number of rotatable bonds is 0. The second-order valence-corrected chi connectivity index (χ2v) is 2.09. The van der Waals surface area contributed by atoms with Crippen LogP contribution in [0.3, 0.4) is 0 Å². The lowest BCUT2D eigenvalue weighted by Crippen LogP contribution is -1.86. The van der Waals surface area contributed by atoms with Crippen molar-refractivity contribution in [3.8, 4) is 0 Å². The highest BCUT2D eigenvalue weighted by Gasteiger charge is 2.11. The van der Waals surface area contributed by atoms with Gasteiger partial charge in [0.1, 0.15) is 0 Å². The summed E-state index contributed by atoms with van der Waals surface area (Å²) >= 11 is 0. The summed E-state index contributed by atoms with van der Waals surface area (Å²) in [4.78, 5) is 4.17. The first-order chi connectivity index (χ1) is 3.97. The summed E-state index contributed by atoms with van der Waals surface area (Å²) < 4.78 is 0. The third-order valence-electron chi connectivity index (χ3n) is 1.56. The molecule has 0 spiro atoms. The van der Waals surface area contributed by atoms with Crippen LogP contribution in [0.2, 0.25) is 0 Å². The topological polar surface area (TPSA) is 12.4 Å². The Labute approximate surface area is 48.4 Å². The Morgan fingerprint density at radius 3 is 3.38 bits per heavy atom. The Hall–Kier alpha value is -0.850. The van der Waals surface area contributed by atoms with Gasteiger partial charge >= 0.3 is 0 Å². The molecule has 1 heteroatoms. The lowest BCUT2D eigenvalue weighted by atomic mass is 10.2. The maximum Gasteiger partial charge on any atom is 0.0476 e. The second-order valence-electron chi connectivity index (χ2n) is 2.09. The van der Waals surface area contributed by atoms with Gasteiger partial charge in [-0.05, 0) is 24.5 Å². The molecule has 2 rings (SSSR count). The maximum atomic E-state index is 4.17. The van der Waals surface area contributed by atoms with Gasteiger partial charge in [-0.25, -0.2) is 0 Å². The van der Waals surface area contributed by atoms with E-state index in [9.17, 15) is 0 Å². The molecule has 0 saturated carbocycles. The molecule has 0 unspecified atom stereocenters. The molecule has 0 saturated heterocycles. The van der Waals surface area contributed by atoms with Crippen molar-refractivity contribution in [2.24, 2.45) is 4.99 Å². The summed E-state index contributed by atoms with van der Waals surface area (Å²) in [6.45, 7) is 0. The standard InChI is InChI=1S/C7H7N/c1-2-6-4-5-8-7(6)3-1/h2,4-5H,1,3H2. The average Bonchev–Trinajstić information content (AvgIpc) is 2.15. The highest BCUT2D eigenvalue weighted by Crippen LogP contribution is 2.20. The summed E-state index contributed by atoms with van der Waals surface area (Å²) in [5.74, 6) is 0. The van der Waals surface area contributed by atoms with Gasteiger partial charge in [-0.1, -0.05) is 6.08 Å². The highest BCUT2D eigenvalue weighted by molar-refractivity contribution is 6.06. The molecule has 2 aliphatic rings. The largest absolute Gasteiger partial charge is 0.261 e. The van der Waals surface area contributed by atoms with Crippen molar-refractivity contribution >= 4 is 5.71 Å². The summed E-state index contributed by atoms with van der Waals surface area (Å²) in [6, 6.07) is 0. The zero-order chi connectivity index (χ0) is 5.40. The molecule has 1 nitrogen and oxygen atoms in total. The van der Waals surface area contributed by atoms with E-state index in [1.807, 2.05) is 6.20 Å². The Bertz CT molecular complexity index is 196. The summed E-state index contributed by atoms with van der Waals surface area (Å²) in [7, 11) is 0. The summed E-state index contributed by atoms with van der Waals surface area (Å²) in [5.41, 5.74) is 2.63. The molecule has 0 bridgehead atoms. The van der Waals surface area contributed by atoms with Gasteiger partial charge in [0.25, 0.3) is 0 Å². The van der Waals surface area contributed by atoms with Crippen molar-refractivity contribution in [2.45, 2.75) is 12.8 Å². The first-order valence-electron chi connectivity index (χ1n) is 2.90. The molecule has 1 aliphatic carbocycles. The SMILES string of the molecule is C1=CC2=CCCC2=N1. The highest BCUT2D eigenvalue weighted by atomic mass is 14.7. The smallest absolute Gasteiger partial charge is 0.0476 e. The molecule has 8 heavy (non-hydrogen) atoms. The number of hydrogen-bond acceptors (Lipinski definition) is 1. The lowest BCUT2D eigenvalue weighted by Gasteiger charge is -1.85. The van der Waals surface area contributed by atoms with Crippen LogP contribution in [0.25, 0.3) is 0 Å². The van der Waals surface area contributed by atoms with Crippen LogP contribution in [0.5, 0.6) is 0 Å². The Morgan fingerprint density at radius 1 is 1.50 bits per heavy atom. The molecule has 0 aromatic rings. The van der Waals surface area contributed by atoms with Gasteiger partial charge < -0.3 is 0 Å². The average molecular weight is 105 g/mol. The van der Waals surface area contributed by atoms with Crippen molar-refractivity contribution < 1.29 is 0 Å². The number of fused-ring (bicyclic) bond motifs is 1. The molecule has 0 N–H and O–H groups in total. The monoisotopic (exact) mass is 105 g/mol. The second kappa shape index (κ2) is 1.31. The van der Waals surface area contributed by atoms with Crippen LogP contribution in [0.1, 0.15) is 12.8 Å². The Balaban J connectivity index is 2.49. The van der Waals surface area contributed by atoms with E-state index < -0.39 is 0 Å². The van der Waals surface area contributed by atoms with Crippen LogP contribution in [0, 0.1) is 0 Å². The molecule has 0 aromatic heterocycles. The van der Waals surface area contributed by atoms with Crippen LogP contribution < -0.4 is 0 Å². The minimum Gasteiger partial charge on any atom is -0.261 e. The van der Waals surface area contributed by atoms with Crippen molar-refractivity contribution in [2.75, 3.05) is 0 Å². The van der Waals surface area contributed by atoms with E-state index in [1.54, 1.807) is 0 Å². The first kappa shape index (κ1) is 4.07. The quantitative estimate of drug-likeness (QED) is 0.444. The third kappa shape index (κ3) is 0.386. The predicted octanol–water partition coefficient (Wildman–Crippen LogP) is 1.67. The van der Waals surface area contributed by atoms with Crippen LogP contribution in [-0.4, -0.2) is 5.71 Å². The lowest BCUT2D eigenvalue weighted by molar-refractivity contribution is 1.14. The summed E-state index contributed by atoms with van der Waals surface area (Å²) in [6.07, 6.45) is 8.53. The fourth-order valence-electron chi connectivity index (χ4n) is 1.14. The van der Waals surface area contributed by atoms with E-state index in [2.05, 4.69) is 17.1 Å². The van der Waals surface area contributed by atoms with E-state index in [0.717, 1.165) is 6.42 Å². The summed E-state index contributed by atoms with van der Waals surface area (Å²) in [5, 5.41) is 0. The van der Waals surface area contributed by atoms with Crippen molar-refractivity contribution in [1.29, 1.82) is 0 Å². The van der Waals surface area contributed by atoms with E-state index >= 15 is 0 Å². The van der Waals surface area contributed by atoms with Crippen LogP contribution in [-0.2, 0) is 0 Å². The molecule has 0 aromatic carbocycles. The molecule has 0 atom stereocenters. The van der Waals surface area contributed by atoms with Gasteiger partial charge in [0.15, 0.2) is 0 Å². The van der Waals surface area contributed by atoms with Gasteiger partial charge in [0.2, 0.25) is 0 Å². The number of nitrogens with zero attached hydrogens (tertiary/aromatic N) is 1. The van der Waals surface area contributed by atoms with Crippen molar-refractivity contribution in [3.05, 3.63) is 23.9 Å². The molecule has 40 valence electrons. The zero-order valence-corrected chi connectivity index (χ0v) is 4.59. The number of aliphatic imine (C=N–C) groups is 1. The number of hydrogen-bond donors (Lipinski definition) is 0.